The molecular weight excluding hydrogens is 222 g/mol. The summed E-state index contributed by atoms with van der Waals surface area (Å²) in [6.07, 6.45) is 4.19. The number of primary amides is 1. The van der Waals surface area contributed by atoms with E-state index in [9.17, 15) is 14.4 Å². The third-order valence-corrected chi connectivity index (χ3v) is 2.97. The Labute approximate surface area is 101 Å². The largest absolute Gasteiger partial charge is 0.368 e. The van der Waals surface area contributed by atoms with Crippen LogP contribution in [0.3, 0.4) is 0 Å². The molecule has 6 nitrogen and oxygen atoms in total. The molecular formula is C11H19N3O3. The van der Waals surface area contributed by atoms with Gasteiger partial charge in [-0.15, -0.1) is 0 Å². The Kier molecular flexibility index (Phi) is 5.45. The van der Waals surface area contributed by atoms with E-state index in [4.69, 9.17) is 5.73 Å². The summed E-state index contributed by atoms with van der Waals surface area (Å²) in [6, 6.07) is -0.749. The topological polar surface area (TPSA) is 92.5 Å². The number of piperidine rings is 1. The number of nitrogens with two attached hydrogens (primary N) is 1. The second-order valence-electron chi connectivity index (χ2n) is 4.22. The van der Waals surface area contributed by atoms with Crippen LogP contribution in [0, 0.1) is 0 Å². The summed E-state index contributed by atoms with van der Waals surface area (Å²) < 4.78 is 0. The number of amides is 3. The van der Waals surface area contributed by atoms with Crippen molar-refractivity contribution in [3.05, 3.63) is 0 Å². The summed E-state index contributed by atoms with van der Waals surface area (Å²) in [6.45, 7) is 1.59. The molecule has 3 N–H and O–H groups in total. The minimum Gasteiger partial charge on any atom is -0.368 e. The van der Waals surface area contributed by atoms with Crippen molar-refractivity contribution in [3.63, 3.8) is 0 Å². The molecule has 1 rings (SSSR count). The maximum atomic E-state index is 11.8. The standard InChI is InChI=1S/C11H19N3O3/c12-11(17)9(13-8-15)4-5-10(16)14-6-2-1-3-7-14/h8-9H,1-7H2,(H2,12,17)(H,13,15). The Morgan fingerprint density at radius 3 is 2.47 bits per heavy atom. The Hall–Kier alpha value is -1.59. The van der Waals surface area contributed by atoms with Crippen LogP contribution in [0.25, 0.3) is 0 Å². The van der Waals surface area contributed by atoms with Crippen molar-refractivity contribution >= 4 is 18.2 Å². The van der Waals surface area contributed by atoms with Gasteiger partial charge in [0.15, 0.2) is 0 Å². The molecule has 0 spiro atoms. The monoisotopic (exact) mass is 241 g/mol. The Morgan fingerprint density at radius 1 is 1.29 bits per heavy atom. The molecule has 0 saturated carbocycles. The maximum Gasteiger partial charge on any atom is 0.240 e. The van der Waals surface area contributed by atoms with Crippen LogP contribution in [0.4, 0.5) is 0 Å². The van der Waals surface area contributed by atoms with Crippen molar-refractivity contribution in [2.24, 2.45) is 5.73 Å². The number of rotatable bonds is 6. The van der Waals surface area contributed by atoms with Crippen molar-refractivity contribution in [1.82, 2.24) is 10.2 Å². The van der Waals surface area contributed by atoms with Gasteiger partial charge >= 0.3 is 0 Å². The molecule has 1 aliphatic heterocycles. The predicted molar refractivity (Wildman–Crippen MR) is 61.8 cm³/mol. The first kappa shape index (κ1) is 13.5. The number of carbonyl (C=O) groups is 3. The molecule has 1 saturated heterocycles. The number of hydrogen-bond acceptors (Lipinski definition) is 3. The second kappa shape index (κ2) is 6.88. The zero-order chi connectivity index (χ0) is 12.7. The SMILES string of the molecule is NC(=O)C(CCC(=O)N1CCCCC1)NC=O. The zero-order valence-electron chi connectivity index (χ0n) is 9.85. The minimum atomic E-state index is -0.749. The van der Waals surface area contributed by atoms with E-state index >= 15 is 0 Å². The van der Waals surface area contributed by atoms with Crippen LogP contribution in [-0.4, -0.2) is 42.3 Å². The van der Waals surface area contributed by atoms with Crippen LogP contribution < -0.4 is 11.1 Å². The van der Waals surface area contributed by atoms with Gasteiger partial charge in [-0.25, -0.2) is 0 Å². The normalized spacial score (nSPS) is 17.3. The first-order valence-corrected chi connectivity index (χ1v) is 5.92. The first-order chi connectivity index (χ1) is 8.15. The lowest BCUT2D eigenvalue weighted by Gasteiger charge is -2.27. The van der Waals surface area contributed by atoms with Gasteiger partial charge in [0.1, 0.15) is 6.04 Å². The zero-order valence-corrected chi connectivity index (χ0v) is 9.85. The summed E-state index contributed by atoms with van der Waals surface area (Å²) in [5.41, 5.74) is 5.10. The van der Waals surface area contributed by atoms with Gasteiger partial charge in [-0.2, -0.15) is 0 Å². The van der Waals surface area contributed by atoms with E-state index in [1.807, 2.05) is 4.90 Å². The van der Waals surface area contributed by atoms with Crippen LogP contribution in [0.5, 0.6) is 0 Å². The Balaban J connectivity index is 2.34. The number of nitrogens with one attached hydrogen (secondary N) is 1. The van der Waals surface area contributed by atoms with Crippen molar-refractivity contribution < 1.29 is 14.4 Å². The number of likely N-dealkylation sites (tertiary alicyclic amines) is 1. The van der Waals surface area contributed by atoms with Crippen LogP contribution in [0.1, 0.15) is 32.1 Å². The third kappa shape index (κ3) is 4.42. The second-order valence-corrected chi connectivity index (χ2v) is 4.22. The summed E-state index contributed by atoms with van der Waals surface area (Å²) in [5, 5.41) is 2.31. The lowest BCUT2D eigenvalue weighted by atomic mass is 10.1. The van der Waals surface area contributed by atoms with E-state index in [1.54, 1.807) is 0 Å². The number of nitrogens with zero attached hydrogens (tertiary/aromatic N) is 1. The molecule has 1 aliphatic rings. The van der Waals surface area contributed by atoms with Gasteiger partial charge in [-0.1, -0.05) is 0 Å². The molecule has 0 aromatic rings. The highest BCUT2D eigenvalue weighted by atomic mass is 16.2. The molecule has 0 bridgehead atoms. The van der Waals surface area contributed by atoms with Gasteiger partial charge < -0.3 is 16.0 Å². The fourth-order valence-electron chi connectivity index (χ4n) is 1.96. The maximum absolute atomic E-state index is 11.8. The fourth-order valence-corrected chi connectivity index (χ4v) is 1.96. The molecule has 0 aromatic carbocycles. The average molecular weight is 241 g/mol. The van der Waals surface area contributed by atoms with Crippen LogP contribution in [0.2, 0.25) is 0 Å². The summed E-state index contributed by atoms with van der Waals surface area (Å²) in [7, 11) is 0. The van der Waals surface area contributed by atoms with Crippen molar-refractivity contribution in [2.75, 3.05) is 13.1 Å². The van der Waals surface area contributed by atoms with E-state index in [0.717, 1.165) is 25.9 Å². The highest BCUT2D eigenvalue weighted by Gasteiger charge is 2.20. The molecule has 0 aliphatic carbocycles. The molecule has 1 atom stereocenters. The molecule has 0 aromatic heterocycles. The minimum absolute atomic E-state index is 0.0312. The molecule has 1 unspecified atom stereocenters. The van der Waals surface area contributed by atoms with Crippen molar-refractivity contribution in [1.29, 1.82) is 0 Å². The van der Waals surface area contributed by atoms with Gasteiger partial charge in [-0.3, -0.25) is 14.4 Å². The summed E-state index contributed by atoms with van der Waals surface area (Å²) >= 11 is 0. The smallest absolute Gasteiger partial charge is 0.240 e. The lowest BCUT2D eigenvalue weighted by Crippen LogP contribution is -2.42. The molecule has 1 fully saturated rings. The lowest BCUT2D eigenvalue weighted by molar-refractivity contribution is -0.132. The molecule has 1 heterocycles. The quantitative estimate of drug-likeness (QED) is 0.607. The van der Waals surface area contributed by atoms with Gasteiger partial charge in [0.05, 0.1) is 0 Å². The van der Waals surface area contributed by atoms with Gasteiger partial charge in [-0.05, 0) is 25.7 Å². The van der Waals surface area contributed by atoms with Crippen molar-refractivity contribution in [2.45, 2.75) is 38.1 Å². The molecule has 0 radical (unpaired) electrons. The average Bonchev–Trinajstić information content (AvgIpc) is 2.34. The van der Waals surface area contributed by atoms with Gasteiger partial charge in [0.25, 0.3) is 0 Å². The van der Waals surface area contributed by atoms with E-state index < -0.39 is 11.9 Å². The van der Waals surface area contributed by atoms with Crippen LogP contribution >= 0.6 is 0 Å². The highest BCUT2D eigenvalue weighted by molar-refractivity contribution is 5.83. The van der Waals surface area contributed by atoms with Gasteiger partial charge in [0, 0.05) is 19.5 Å². The van der Waals surface area contributed by atoms with E-state index in [1.165, 1.54) is 6.42 Å². The van der Waals surface area contributed by atoms with E-state index in [-0.39, 0.29) is 18.7 Å². The number of hydrogen-bond donors (Lipinski definition) is 2. The molecule has 17 heavy (non-hydrogen) atoms. The summed E-state index contributed by atoms with van der Waals surface area (Å²) in [5.74, 6) is -0.577. The molecule has 3 amide bonds. The Morgan fingerprint density at radius 2 is 1.94 bits per heavy atom. The fraction of sp³-hybridized carbons (Fsp3) is 0.727. The molecule has 96 valence electrons. The van der Waals surface area contributed by atoms with Gasteiger partial charge in [0.2, 0.25) is 18.2 Å². The van der Waals surface area contributed by atoms with Crippen LogP contribution in [-0.2, 0) is 14.4 Å². The van der Waals surface area contributed by atoms with Crippen LogP contribution in [0.15, 0.2) is 0 Å². The first-order valence-electron chi connectivity index (χ1n) is 5.92. The summed E-state index contributed by atoms with van der Waals surface area (Å²) in [4.78, 5) is 34.8. The van der Waals surface area contributed by atoms with E-state index in [2.05, 4.69) is 5.32 Å². The Bertz CT molecular complexity index is 288. The predicted octanol–water partition coefficient (Wildman–Crippen LogP) is -0.621. The third-order valence-electron chi connectivity index (χ3n) is 2.97. The van der Waals surface area contributed by atoms with E-state index in [0.29, 0.717) is 6.41 Å². The number of carbonyl (C=O) groups excluding carboxylic acids is 3. The highest BCUT2D eigenvalue weighted by Crippen LogP contribution is 2.11. The molecule has 6 heteroatoms. The van der Waals surface area contributed by atoms with Crippen molar-refractivity contribution in [3.8, 4) is 0 Å².